The van der Waals surface area contributed by atoms with Crippen molar-refractivity contribution in [3.05, 3.63) is 12.3 Å². The fourth-order valence-electron chi connectivity index (χ4n) is 1.76. The van der Waals surface area contributed by atoms with Crippen LogP contribution in [0.2, 0.25) is 18.1 Å². The maximum atomic E-state index is 12.2. The van der Waals surface area contributed by atoms with Gasteiger partial charge >= 0.3 is 15.6 Å². The van der Waals surface area contributed by atoms with Gasteiger partial charge in [-0.05, 0) is 30.1 Å². The summed E-state index contributed by atoms with van der Waals surface area (Å²) in [6, 6.07) is 0. The summed E-state index contributed by atoms with van der Waals surface area (Å²) in [5, 5.41) is -0.0142. The van der Waals surface area contributed by atoms with E-state index in [0.717, 1.165) is 0 Å². The molecular weight excluding hydrogens is 361 g/mol. The Labute approximate surface area is 144 Å². The lowest BCUT2D eigenvalue weighted by molar-refractivity contribution is -0.0515. The Bertz CT molecular complexity index is 534. The highest BCUT2D eigenvalue weighted by molar-refractivity contribution is 7.87. The fraction of sp³-hybridized carbons (Fsp3) is 0.867. The van der Waals surface area contributed by atoms with Crippen LogP contribution in [0.5, 0.6) is 0 Å². The van der Waals surface area contributed by atoms with Crippen LogP contribution in [0.3, 0.4) is 0 Å². The molecule has 0 fully saturated rings. The predicted molar refractivity (Wildman–Crippen MR) is 91.3 cm³/mol. The predicted octanol–water partition coefficient (Wildman–Crippen LogP) is 5.05. The van der Waals surface area contributed by atoms with Gasteiger partial charge in [-0.25, -0.2) is 0 Å². The largest absolute Gasteiger partial charge is 0.534 e. The minimum Gasteiger partial charge on any atom is -0.413 e. The number of rotatable bonds is 7. The van der Waals surface area contributed by atoms with E-state index >= 15 is 0 Å². The fourth-order valence-corrected chi connectivity index (χ4v) is 3.60. The normalized spacial score (nSPS) is 17.3. The molecule has 144 valence electrons. The number of hydrogen-bond donors (Lipinski definition) is 0. The minimum atomic E-state index is -5.62. The second kappa shape index (κ2) is 7.78. The molecule has 0 aromatic carbocycles. The smallest absolute Gasteiger partial charge is 0.413 e. The lowest BCUT2D eigenvalue weighted by atomic mass is 9.95. The highest BCUT2D eigenvalue weighted by Crippen LogP contribution is 2.39. The molecule has 4 nitrogen and oxygen atoms in total. The van der Waals surface area contributed by atoms with Gasteiger partial charge in [0.15, 0.2) is 8.32 Å². The monoisotopic (exact) mass is 390 g/mol. The van der Waals surface area contributed by atoms with Crippen molar-refractivity contribution < 1.29 is 30.2 Å². The van der Waals surface area contributed by atoms with Crippen molar-refractivity contribution in [2.24, 2.45) is 11.8 Å². The summed E-state index contributed by atoms with van der Waals surface area (Å²) in [6.45, 7) is 16.1. The summed E-state index contributed by atoms with van der Waals surface area (Å²) in [5.74, 6) is -0.194. The third kappa shape index (κ3) is 6.40. The van der Waals surface area contributed by atoms with E-state index < -0.39 is 23.9 Å². The molecule has 2 atom stereocenters. The van der Waals surface area contributed by atoms with E-state index in [2.05, 4.69) is 38.0 Å². The van der Waals surface area contributed by atoms with Gasteiger partial charge in [-0.15, -0.1) is 0 Å². The molecule has 0 aromatic rings. The minimum absolute atomic E-state index is 0.0142. The SMILES string of the molecule is CC(C)[C@@H](O[Si](C)(C)C(C)(C)C)[C@@H](C)/C=C\OS(=O)(=O)C(F)(F)F. The average molecular weight is 391 g/mol. The average Bonchev–Trinajstić information content (AvgIpc) is 2.32. The molecule has 0 aliphatic carbocycles. The Morgan fingerprint density at radius 3 is 1.83 bits per heavy atom. The molecule has 0 aliphatic rings. The van der Waals surface area contributed by atoms with Crippen LogP contribution in [-0.4, -0.2) is 28.3 Å². The molecular formula is C15H29F3O4SSi. The Kier molecular flexibility index (Phi) is 7.60. The number of hydrogen-bond acceptors (Lipinski definition) is 4. The van der Waals surface area contributed by atoms with E-state index in [9.17, 15) is 21.6 Å². The Morgan fingerprint density at radius 1 is 1.04 bits per heavy atom. The van der Waals surface area contributed by atoms with E-state index in [4.69, 9.17) is 4.43 Å². The topological polar surface area (TPSA) is 52.6 Å². The summed E-state index contributed by atoms with van der Waals surface area (Å²) >= 11 is 0. The maximum absolute atomic E-state index is 12.2. The lowest BCUT2D eigenvalue weighted by Gasteiger charge is -2.41. The molecule has 0 radical (unpaired) electrons. The molecule has 0 amide bonds. The van der Waals surface area contributed by atoms with E-state index in [-0.39, 0.29) is 23.0 Å². The first-order chi connectivity index (χ1) is 10.4. The standard InChI is InChI=1S/C15H29F3O4SSi/c1-11(2)13(22-24(7,8)14(4,5)6)12(3)9-10-21-23(19,20)15(16,17)18/h9-13H,1-8H3/b10-9-/t12-,13+/m0/s1. The van der Waals surface area contributed by atoms with Gasteiger partial charge < -0.3 is 8.61 Å². The first-order valence-corrected chi connectivity index (χ1v) is 12.1. The van der Waals surface area contributed by atoms with E-state index in [1.54, 1.807) is 6.92 Å². The van der Waals surface area contributed by atoms with Crippen molar-refractivity contribution in [1.82, 2.24) is 0 Å². The molecule has 0 spiro atoms. The van der Waals surface area contributed by atoms with Crippen molar-refractivity contribution in [1.29, 1.82) is 0 Å². The van der Waals surface area contributed by atoms with Crippen LogP contribution in [0.25, 0.3) is 0 Å². The summed E-state index contributed by atoms with van der Waals surface area (Å²) in [7, 11) is -7.69. The highest BCUT2D eigenvalue weighted by Gasteiger charge is 2.48. The quantitative estimate of drug-likeness (QED) is 0.264. The van der Waals surface area contributed by atoms with Crippen molar-refractivity contribution in [2.45, 2.75) is 71.3 Å². The highest BCUT2D eigenvalue weighted by atomic mass is 32.2. The summed E-state index contributed by atoms with van der Waals surface area (Å²) in [4.78, 5) is 0. The molecule has 0 rings (SSSR count). The first-order valence-electron chi connectivity index (χ1n) is 7.76. The molecule has 0 N–H and O–H groups in total. The summed E-state index contributed by atoms with van der Waals surface area (Å²) < 4.78 is 68.7. The van der Waals surface area contributed by atoms with Gasteiger partial charge in [0.2, 0.25) is 0 Å². The summed E-state index contributed by atoms with van der Waals surface area (Å²) in [5.41, 5.74) is -5.43. The summed E-state index contributed by atoms with van der Waals surface area (Å²) in [6.07, 6.45) is 1.62. The van der Waals surface area contributed by atoms with Crippen LogP contribution in [-0.2, 0) is 18.7 Å². The molecule has 0 unspecified atom stereocenters. The lowest BCUT2D eigenvalue weighted by Crippen LogP contribution is -2.46. The van der Waals surface area contributed by atoms with Crippen LogP contribution in [0.1, 0.15) is 41.5 Å². The second-order valence-corrected chi connectivity index (χ2v) is 14.1. The third-order valence-corrected chi connectivity index (χ3v) is 9.67. The van der Waals surface area contributed by atoms with Crippen molar-refractivity contribution in [2.75, 3.05) is 0 Å². The molecule has 0 bridgehead atoms. The molecule has 0 heterocycles. The van der Waals surface area contributed by atoms with Crippen LogP contribution in [0.4, 0.5) is 13.2 Å². The second-order valence-electron chi connectivity index (χ2n) is 7.77. The number of halogens is 3. The van der Waals surface area contributed by atoms with Crippen LogP contribution < -0.4 is 0 Å². The van der Waals surface area contributed by atoms with Crippen LogP contribution in [0.15, 0.2) is 12.3 Å². The van der Waals surface area contributed by atoms with Gasteiger partial charge in [0.25, 0.3) is 0 Å². The van der Waals surface area contributed by atoms with E-state index in [1.807, 2.05) is 13.8 Å². The van der Waals surface area contributed by atoms with Gasteiger partial charge in [-0.2, -0.15) is 21.6 Å². The zero-order valence-corrected chi connectivity index (χ0v) is 17.4. The van der Waals surface area contributed by atoms with Gasteiger partial charge in [0.1, 0.15) is 6.26 Å². The zero-order valence-electron chi connectivity index (χ0n) is 15.6. The molecule has 0 saturated heterocycles. The van der Waals surface area contributed by atoms with Gasteiger partial charge in [-0.3, -0.25) is 0 Å². The third-order valence-electron chi connectivity index (χ3n) is 4.26. The first kappa shape index (κ1) is 23.5. The Hall–Kier alpha value is -0.543. The molecule has 0 saturated carbocycles. The van der Waals surface area contributed by atoms with Crippen molar-refractivity contribution in [3.8, 4) is 0 Å². The maximum Gasteiger partial charge on any atom is 0.534 e. The van der Waals surface area contributed by atoms with Crippen molar-refractivity contribution >= 4 is 18.4 Å². The Morgan fingerprint density at radius 2 is 1.50 bits per heavy atom. The molecule has 24 heavy (non-hydrogen) atoms. The molecule has 0 aromatic heterocycles. The zero-order chi connectivity index (χ0) is 19.6. The van der Waals surface area contributed by atoms with Gasteiger partial charge in [-0.1, -0.05) is 41.5 Å². The van der Waals surface area contributed by atoms with Crippen LogP contribution >= 0.6 is 0 Å². The number of alkyl halides is 3. The van der Waals surface area contributed by atoms with Crippen molar-refractivity contribution in [3.63, 3.8) is 0 Å². The van der Waals surface area contributed by atoms with Gasteiger partial charge in [0, 0.05) is 5.92 Å². The van der Waals surface area contributed by atoms with E-state index in [0.29, 0.717) is 6.26 Å². The Balaban J connectivity index is 5.15. The van der Waals surface area contributed by atoms with E-state index in [1.165, 1.54) is 6.08 Å². The van der Waals surface area contributed by atoms with Crippen LogP contribution in [0, 0.1) is 11.8 Å². The molecule has 9 heteroatoms. The van der Waals surface area contributed by atoms with Gasteiger partial charge in [0.05, 0.1) is 6.10 Å². The molecule has 0 aliphatic heterocycles.